The number of hydrogen-bond acceptors (Lipinski definition) is 7. The lowest BCUT2D eigenvalue weighted by atomic mass is 10.1. The number of carbonyl (C=O) groups is 2. The van der Waals surface area contributed by atoms with Gasteiger partial charge >= 0.3 is 0 Å². The first-order chi connectivity index (χ1) is 15.9. The van der Waals surface area contributed by atoms with Gasteiger partial charge in [-0.15, -0.1) is 0 Å². The van der Waals surface area contributed by atoms with Gasteiger partial charge in [-0.3, -0.25) is 24.7 Å². The molecule has 1 atom stereocenters. The average molecular weight is 452 g/mol. The van der Waals surface area contributed by atoms with Gasteiger partial charge < -0.3 is 19.1 Å². The first-order valence-corrected chi connectivity index (χ1v) is 10.7. The Morgan fingerprint density at radius 2 is 2.15 bits per heavy atom. The lowest BCUT2D eigenvalue weighted by molar-refractivity contribution is -0.463. The van der Waals surface area contributed by atoms with Crippen LogP contribution < -0.4 is 5.32 Å². The van der Waals surface area contributed by atoms with E-state index in [1.54, 1.807) is 18.2 Å². The molecule has 0 unspecified atom stereocenters. The molecule has 0 saturated carbocycles. The fourth-order valence-electron chi connectivity index (χ4n) is 3.89. The highest BCUT2D eigenvalue weighted by Crippen LogP contribution is 2.23. The van der Waals surface area contributed by atoms with E-state index in [-0.39, 0.29) is 24.1 Å². The first kappa shape index (κ1) is 22.3. The summed E-state index contributed by atoms with van der Waals surface area (Å²) >= 11 is 0. The molecule has 2 aromatic heterocycles. The lowest BCUT2D eigenvalue weighted by Crippen LogP contribution is -2.41. The molecule has 4 rings (SSSR count). The topological polar surface area (TPSA) is 131 Å². The SMILES string of the molecule is Cc1cc2cc(NC(C[N+](=O)[O-])=N[C@H]3CCCCN(CC(=O)c4ccoc4)C3=O)ccc2o1. The fraction of sp³-hybridized carbons (Fsp3) is 0.348. The molecule has 1 aromatic carbocycles. The number of rotatable bonds is 7. The van der Waals surface area contributed by atoms with Crippen molar-refractivity contribution in [3.8, 4) is 0 Å². The monoisotopic (exact) mass is 452 g/mol. The summed E-state index contributed by atoms with van der Waals surface area (Å²) in [6, 6.07) is 7.95. The van der Waals surface area contributed by atoms with Crippen LogP contribution in [0.2, 0.25) is 0 Å². The summed E-state index contributed by atoms with van der Waals surface area (Å²) in [7, 11) is 0. The maximum absolute atomic E-state index is 13.1. The van der Waals surface area contributed by atoms with Crippen LogP contribution in [0.1, 0.15) is 35.4 Å². The van der Waals surface area contributed by atoms with E-state index in [2.05, 4.69) is 10.3 Å². The average Bonchev–Trinajstić information content (AvgIpc) is 3.39. The molecule has 1 aliphatic heterocycles. The molecule has 0 radical (unpaired) electrons. The minimum absolute atomic E-state index is 0.0842. The molecule has 3 aromatic rings. The molecule has 3 heterocycles. The number of amides is 1. The number of benzene rings is 1. The van der Waals surface area contributed by atoms with E-state index in [1.807, 2.05) is 19.1 Å². The number of furan rings is 2. The third kappa shape index (κ3) is 5.46. The van der Waals surface area contributed by atoms with Crippen molar-refractivity contribution < 1.29 is 23.3 Å². The minimum Gasteiger partial charge on any atom is -0.472 e. The molecule has 172 valence electrons. The van der Waals surface area contributed by atoms with E-state index < -0.39 is 17.5 Å². The number of carbonyl (C=O) groups excluding carboxylic acids is 2. The van der Waals surface area contributed by atoms with Crippen molar-refractivity contribution in [2.75, 3.05) is 25.0 Å². The standard InChI is InChI=1S/C23H24N4O6/c1-15-10-17-11-18(5-6-21(17)33-15)24-22(13-27(30)31)25-19-4-2-3-8-26(23(19)29)12-20(28)16-7-9-32-14-16/h5-7,9-11,14,19H,2-4,8,12-13H2,1H3,(H,24,25)/t19-/m0/s1. The van der Waals surface area contributed by atoms with Crippen molar-refractivity contribution in [1.82, 2.24) is 4.90 Å². The molecule has 0 bridgehead atoms. The number of hydrogen-bond donors (Lipinski definition) is 1. The molecule has 33 heavy (non-hydrogen) atoms. The van der Waals surface area contributed by atoms with Crippen molar-refractivity contribution >= 4 is 34.2 Å². The summed E-state index contributed by atoms with van der Waals surface area (Å²) in [5.41, 5.74) is 1.72. The van der Waals surface area contributed by atoms with Gasteiger partial charge in [-0.05, 0) is 56.5 Å². The van der Waals surface area contributed by atoms with Gasteiger partial charge in [0.25, 0.3) is 6.54 Å². The highest BCUT2D eigenvalue weighted by atomic mass is 16.6. The Bertz CT molecular complexity index is 1200. The van der Waals surface area contributed by atoms with Crippen LogP contribution >= 0.6 is 0 Å². The summed E-state index contributed by atoms with van der Waals surface area (Å²) in [5, 5.41) is 15.1. The Balaban J connectivity index is 1.54. The third-order valence-corrected chi connectivity index (χ3v) is 5.45. The second kappa shape index (κ2) is 9.68. The number of amidine groups is 1. The largest absolute Gasteiger partial charge is 0.472 e. The zero-order valence-corrected chi connectivity index (χ0v) is 18.2. The maximum Gasteiger partial charge on any atom is 0.260 e. The van der Waals surface area contributed by atoms with Crippen molar-refractivity contribution in [2.24, 2.45) is 4.99 Å². The highest BCUT2D eigenvalue weighted by molar-refractivity contribution is 6.01. The van der Waals surface area contributed by atoms with Gasteiger partial charge in [-0.1, -0.05) is 0 Å². The van der Waals surface area contributed by atoms with Crippen LogP contribution in [0.5, 0.6) is 0 Å². The quantitative estimate of drug-likeness (QED) is 0.190. The van der Waals surface area contributed by atoms with Gasteiger partial charge in [0.15, 0.2) is 11.6 Å². The van der Waals surface area contributed by atoms with E-state index in [0.717, 1.165) is 24.0 Å². The molecular formula is C23H24N4O6. The number of Topliss-reactive ketones (excluding diaryl/α,β-unsaturated/α-hetero) is 1. The molecule has 1 N–H and O–H groups in total. The predicted octanol–water partition coefficient (Wildman–Crippen LogP) is 3.69. The van der Waals surface area contributed by atoms with E-state index in [9.17, 15) is 19.7 Å². The second-order valence-corrected chi connectivity index (χ2v) is 8.01. The number of likely N-dealkylation sites (tertiary alicyclic amines) is 1. The summed E-state index contributed by atoms with van der Waals surface area (Å²) in [6.45, 7) is 1.63. The smallest absolute Gasteiger partial charge is 0.260 e. The van der Waals surface area contributed by atoms with Crippen LogP contribution in [0.4, 0.5) is 5.69 Å². The number of nitrogens with zero attached hydrogens (tertiary/aromatic N) is 3. The van der Waals surface area contributed by atoms with Crippen LogP contribution in [0.15, 0.2) is 56.7 Å². The van der Waals surface area contributed by atoms with Crippen LogP contribution in [0, 0.1) is 17.0 Å². The molecule has 0 spiro atoms. The first-order valence-electron chi connectivity index (χ1n) is 10.7. The van der Waals surface area contributed by atoms with E-state index in [4.69, 9.17) is 8.83 Å². The summed E-state index contributed by atoms with van der Waals surface area (Å²) in [5.74, 6) is 0.304. The molecule has 1 aliphatic rings. The van der Waals surface area contributed by atoms with E-state index in [0.29, 0.717) is 29.8 Å². The second-order valence-electron chi connectivity index (χ2n) is 8.01. The number of nitro groups is 1. The van der Waals surface area contributed by atoms with Crippen molar-refractivity contribution in [3.05, 3.63) is 64.3 Å². The number of ketones is 1. The van der Waals surface area contributed by atoms with Crippen LogP contribution in [0.25, 0.3) is 11.0 Å². The van der Waals surface area contributed by atoms with E-state index in [1.165, 1.54) is 17.4 Å². The molecule has 10 nitrogen and oxygen atoms in total. The number of fused-ring (bicyclic) bond motifs is 1. The summed E-state index contributed by atoms with van der Waals surface area (Å²) in [6.07, 6.45) is 4.66. The zero-order valence-electron chi connectivity index (χ0n) is 18.2. The Morgan fingerprint density at radius 3 is 2.91 bits per heavy atom. The van der Waals surface area contributed by atoms with Crippen LogP contribution in [-0.4, -0.2) is 53.0 Å². The van der Waals surface area contributed by atoms with Gasteiger partial charge in [0.1, 0.15) is 23.6 Å². The van der Waals surface area contributed by atoms with Crippen molar-refractivity contribution in [2.45, 2.75) is 32.2 Å². The normalized spacial score (nSPS) is 17.2. The molecule has 1 amide bonds. The summed E-state index contributed by atoms with van der Waals surface area (Å²) < 4.78 is 10.5. The third-order valence-electron chi connectivity index (χ3n) is 5.45. The predicted molar refractivity (Wildman–Crippen MR) is 121 cm³/mol. The number of aryl methyl sites for hydroxylation is 1. The Kier molecular flexibility index (Phi) is 6.53. The Morgan fingerprint density at radius 1 is 1.30 bits per heavy atom. The minimum atomic E-state index is -0.799. The molecular weight excluding hydrogens is 428 g/mol. The fourth-order valence-corrected chi connectivity index (χ4v) is 3.89. The molecule has 1 fully saturated rings. The molecule has 1 saturated heterocycles. The lowest BCUT2D eigenvalue weighted by Gasteiger charge is -2.22. The van der Waals surface area contributed by atoms with E-state index >= 15 is 0 Å². The van der Waals surface area contributed by atoms with Crippen molar-refractivity contribution in [3.63, 3.8) is 0 Å². The Hall–Kier alpha value is -3.95. The maximum atomic E-state index is 13.1. The number of nitrogens with one attached hydrogen (secondary N) is 1. The van der Waals surface area contributed by atoms with Gasteiger partial charge in [0, 0.05) is 22.5 Å². The zero-order chi connectivity index (χ0) is 23.4. The highest BCUT2D eigenvalue weighted by Gasteiger charge is 2.29. The van der Waals surface area contributed by atoms with Crippen LogP contribution in [-0.2, 0) is 4.79 Å². The Labute approximate surface area is 189 Å². The van der Waals surface area contributed by atoms with Gasteiger partial charge in [-0.2, -0.15) is 0 Å². The summed E-state index contributed by atoms with van der Waals surface area (Å²) in [4.78, 5) is 42.3. The number of aliphatic imine (C=N–C) groups is 1. The van der Waals surface area contributed by atoms with Gasteiger partial charge in [0.2, 0.25) is 5.91 Å². The molecule has 10 heteroatoms. The van der Waals surface area contributed by atoms with Gasteiger partial charge in [0.05, 0.1) is 18.4 Å². The van der Waals surface area contributed by atoms with Gasteiger partial charge in [-0.25, -0.2) is 0 Å². The van der Waals surface area contributed by atoms with Crippen LogP contribution in [0.3, 0.4) is 0 Å². The molecule has 0 aliphatic carbocycles. The van der Waals surface area contributed by atoms with Crippen molar-refractivity contribution in [1.29, 1.82) is 0 Å². The number of anilines is 1.